The Hall–Kier alpha value is -0.390. The second-order valence-corrected chi connectivity index (χ2v) is 6.20. The number of rotatable bonds is 4. The lowest BCUT2D eigenvalue weighted by Gasteiger charge is -2.37. The van der Waals surface area contributed by atoms with Crippen LogP contribution in [0, 0.1) is 0 Å². The van der Waals surface area contributed by atoms with Crippen molar-refractivity contribution in [2.75, 3.05) is 13.2 Å². The first-order valence-electron chi connectivity index (χ1n) is 6.00. The molecule has 2 rings (SSSR count). The van der Waals surface area contributed by atoms with E-state index in [2.05, 4.69) is 31.9 Å². The number of amides is 1. The minimum absolute atomic E-state index is 0.00637. The molecule has 0 unspecified atom stereocenters. The van der Waals surface area contributed by atoms with Crippen LogP contribution in [0.2, 0.25) is 0 Å². The molecule has 18 heavy (non-hydrogen) atoms. The van der Waals surface area contributed by atoms with E-state index in [9.17, 15) is 4.79 Å². The van der Waals surface area contributed by atoms with Crippen molar-refractivity contribution in [3.05, 3.63) is 32.7 Å². The van der Waals surface area contributed by atoms with Gasteiger partial charge in [-0.15, -0.1) is 0 Å². The maximum absolute atomic E-state index is 12.5. The van der Waals surface area contributed by atoms with Crippen LogP contribution in [0.1, 0.15) is 29.6 Å². The normalized spacial score (nSPS) is 15.3. The molecule has 0 saturated heterocycles. The van der Waals surface area contributed by atoms with Gasteiger partial charge in [-0.2, -0.15) is 0 Å². The smallest absolute Gasteiger partial charge is 0.255 e. The van der Waals surface area contributed by atoms with E-state index in [4.69, 9.17) is 5.11 Å². The lowest BCUT2D eigenvalue weighted by Crippen LogP contribution is -2.45. The Balaban J connectivity index is 2.21. The zero-order valence-corrected chi connectivity index (χ0v) is 13.1. The first-order valence-corrected chi connectivity index (χ1v) is 7.59. The summed E-state index contributed by atoms with van der Waals surface area (Å²) in [5, 5.41) is 9.10. The molecule has 0 radical (unpaired) electrons. The van der Waals surface area contributed by atoms with Crippen molar-refractivity contribution >= 4 is 37.8 Å². The summed E-state index contributed by atoms with van der Waals surface area (Å²) in [4.78, 5) is 14.3. The maximum Gasteiger partial charge on any atom is 0.255 e. The molecule has 1 aliphatic rings. The maximum atomic E-state index is 12.5. The Labute approximate surface area is 123 Å². The van der Waals surface area contributed by atoms with E-state index >= 15 is 0 Å². The highest BCUT2D eigenvalue weighted by Crippen LogP contribution is 2.28. The van der Waals surface area contributed by atoms with Gasteiger partial charge in [-0.3, -0.25) is 4.79 Å². The summed E-state index contributed by atoms with van der Waals surface area (Å²) < 4.78 is 1.72. The second kappa shape index (κ2) is 6.17. The number of hydrogen-bond acceptors (Lipinski definition) is 2. The van der Waals surface area contributed by atoms with Crippen LogP contribution in [-0.4, -0.2) is 35.1 Å². The molecule has 1 fully saturated rings. The van der Waals surface area contributed by atoms with Gasteiger partial charge in [-0.25, -0.2) is 0 Å². The van der Waals surface area contributed by atoms with Gasteiger partial charge in [0.25, 0.3) is 5.91 Å². The minimum atomic E-state index is -0.00637. The molecule has 0 atom stereocenters. The van der Waals surface area contributed by atoms with Gasteiger partial charge in [0.05, 0.1) is 12.2 Å². The van der Waals surface area contributed by atoms with E-state index in [-0.39, 0.29) is 12.5 Å². The number of aliphatic hydroxyl groups is 1. The zero-order chi connectivity index (χ0) is 13.1. The van der Waals surface area contributed by atoms with Crippen LogP contribution in [0.15, 0.2) is 27.1 Å². The van der Waals surface area contributed by atoms with E-state index < -0.39 is 0 Å². The van der Waals surface area contributed by atoms with Gasteiger partial charge in [-0.05, 0) is 53.4 Å². The van der Waals surface area contributed by atoms with Gasteiger partial charge in [0, 0.05) is 21.5 Å². The van der Waals surface area contributed by atoms with Crippen molar-refractivity contribution in [3.8, 4) is 0 Å². The third kappa shape index (κ3) is 2.95. The predicted molar refractivity (Wildman–Crippen MR) is 77.6 cm³/mol. The van der Waals surface area contributed by atoms with E-state index in [0.717, 1.165) is 21.8 Å². The fourth-order valence-corrected chi connectivity index (χ4v) is 3.29. The Bertz CT molecular complexity index is 447. The molecule has 0 aromatic heterocycles. The molecule has 1 saturated carbocycles. The third-order valence-corrected chi connectivity index (χ3v) is 4.43. The van der Waals surface area contributed by atoms with Crippen molar-refractivity contribution in [1.29, 1.82) is 0 Å². The molecule has 98 valence electrons. The quantitative estimate of drug-likeness (QED) is 0.876. The first kappa shape index (κ1) is 14.0. The van der Waals surface area contributed by atoms with Crippen molar-refractivity contribution in [2.45, 2.75) is 25.3 Å². The van der Waals surface area contributed by atoms with Crippen LogP contribution in [0.5, 0.6) is 0 Å². The molecule has 0 spiro atoms. The molecule has 1 aromatic carbocycles. The van der Waals surface area contributed by atoms with Crippen LogP contribution in [0.4, 0.5) is 0 Å². The molecular weight excluding hydrogens is 362 g/mol. The second-order valence-electron chi connectivity index (χ2n) is 4.43. The molecule has 1 aliphatic carbocycles. The van der Waals surface area contributed by atoms with E-state index in [1.54, 1.807) is 11.0 Å². The molecular formula is C13H15Br2NO2. The summed E-state index contributed by atoms with van der Waals surface area (Å²) in [6.07, 6.45) is 3.25. The SMILES string of the molecule is O=C(c1ccc(Br)cc1Br)N(CCO)C1CCC1. The number of nitrogens with zero attached hydrogens (tertiary/aromatic N) is 1. The number of benzene rings is 1. The summed E-state index contributed by atoms with van der Waals surface area (Å²) in [7, 11) is 0. The molecule has 5 heteroatoms. The molecule has 0 bridgehead atoms. The van der Waals surface area contributed by atoms with Gasteiger partial charge >= 0.3 is 0 Å². The summed E-state index contributed by atoms with van der Waals surface area (Å²) in [6, 6.07) is 5.82. The average molecular weight is 377 g/mol. The zero-order valence-electron chi connectivity index (χ0n) is 9.90. The highest BCUT2D eigenvalue weighted by molar-refractivity contribution is 9.11. The number of carbonyl (C=O) groups excluding carboxylic acids is 1. The van der Waals surface area contributed by atoms with Gasteiger partial charge in [0.2, 0.25) is 0 Å². The first-order chi connectivity index (χ1) is 8.63. The third-order valence-electron chi connectivity index (χ3n) is 3.28. The lowest BCUT2D eigenvalue weighted by atomic mass is 9.91. The largest absolute Gasteiger partial charge is 0.395 e. The van der Waals surface area contributed by atoms with E-state index in [0.29, 0.717) is 18.2 Å². The number of halogens is 2. The van der Waals surface area contributed by atoms with Crippen LogP contribution < -0.4 is 0 Å². The van der Waals surface area contributed by atoms with Crippen LogP contribution in [-0.2, 0) is 0 Å². The standard InChI is InChI=1S/C13H15Br2NO2/c14-9-4-5-11(12(15)8-9)13(18)16(6-7-17)10-2-1-3-10/h4-5,8,10,17H,1-3,6-7H2. The number of hydrogen-bond donors (Lipinski definition) is 1. The summed E-state index contributed by atoms with van der Waals surface area (Å²) in [5.41, 5.74) is 0.651. The number of aliphatic hydroxyl groups excluding tert-OH is 1. The van der Waals surface area contributed by atoms with Crippen LogP contribution in [0.25, 0.3) is 0 Å². The Kier molecular flexibility index (Phi) is 4.81. The van der Waals surface area contributed by atoms with Crippen molar-refractivity contribution in [3.63, 3.8) is 0 Å². The van der Waals surface area contributed by atoms with Gasteiger partial charge in [0.15, 0.2) is 0 Å². The topological polar surface area (TPSA) is 40.5 Å². The molecule has 1 aromatic rings. The van der Waals surface area contributed by atoms with Gasteiger partial charge in [0.1, 0.15) is 0 Å². The Morgan fingerprint density at radius 2 is 2.11 bits per heavy atom. The van der Waals surface area contributed by atoms with Gasteiger partial charge < -0.3 is 10.0 Å². The van der Waals surface area contributed by atoms with Crippen molar-refractivity contribution in [2.24, 2.45) is 0 Å². The average Bonchev–Trinajstić information content (AvgIpc) is 2.25. The Morgan fingerprint density at radius 3 is 2.61 bits per heavy atom. The fraction of sp³-hybridized carbons (Fsp3) is 0.462. The summed E-state index contributed by atoms with van der Waals surface area (Å²) >= 11 is 6.79. The summed E-state index contributed by atoms with van der Waals surface area (Å²) in [6.45, 7) is 0.419. The molecule has 1 amide bonds. The highest BCUT2D eigenvalue weighted by atomic mass is 79.9. The molecule has 3 nitrogen and oxygen atoms in total. The Morgan fingerprint density at radius 1 is 1.39 bits per heavy atom. The van der Waals surface area contributed by atoms with E-state index in [1.165, 1.54) is 6.42 Å². The highest BCUT2D eigenvalue weighted by Gasteiger charge is 2.29. The predicted octanol–water partition coefficient (Wildman–Crippen LogP) is 3.20. The lowest BCUT2D eigenvalue weighted by molar-refractivity contribution is 0.0525. The van der Waals surface area contributed by atoms with Crippen LogP contribution in [0.3, 0.4) is 0 Å². The van der Waals surface area contributed by atoms with Crippen molar-refractivity contribution in [1.82, 2.24) is 4.90 Å². The van der Waals surface area contributed by atoms with Gasteiger partial charge in [-0.1, -0.05) is 15.9 Å². The molecule has 0 heterocycles. The van der Waals surface area contributed by atoms with Crippen molar-refractivity contribution < 1.29 is 9.90 Å². The minimum Gasteiger partial charge on any atom is -0.395 e. The van der Waals surface area contributed by atoms with E-state index in [1.807, 2.05) is 12.1 Å². The fourth-order valence-electron chi connectivity index (χ4n) is 2.07. The molecule has 0 aliphatic heterocycles. The number of carbonyl (C=O) groups is 1. The summed E-state index contributed by atoms with van der Waals surface area (Å²) in [5.74, 6) is -0.00637. The molecule has 1 N–H and O–H groups in total. The van der Waals surface area contributed by atoms with Crippen LogP contribution >= 0.6 is 31.9 Å². The monoisotopic (exact) mass is 375 g/mol.